The lowest BCUT2D eigenvalue weighted by molar-refractivity contribution is 0.102. The highest BCUT2D eigenvalue weighted by atomic mass is 35.5. The summed E-state index contributed by atoms with van der Waals surface area (Å²) in [4.78, 5) is 11.7. The van der Waals surface area contributed by atoms with Crippen molar-refractivity contribution in [2.75, 3.05) is 5.32 Å². The van der Waals surface area contributed by atoms with Crippen LogP contribution in [0.15, 0.2) is 41.0 Å². The normalized spacial score (nSPS) is 10.2. The topological polar surface area (TPSA) is 62.5 Å². The summed E-state index contributed by atoms with van der Waals surface area (Å²) < 4.78 is 4.83. The van der Waals surface area contributed by atoms with Gasteiger partial charge in [0.05, 0.1) is 18.4 Å². The standard InChI is InChI=1S/C12H10ClNO3/c13-11-10(5-6-17-11)12(16)14-9-3-1-8(7-15)2-4-9/h1-6,15H,7H2,(H,14,16). The largest absolute Gasteiger partial charge is 0.452 e. The summed E-state index contributed by atoms with van der Waals surface area (Å²) in [5.41, 5.74) is 1.70. The van der Waals surface area contributed by atoms with Crippen molar-refractivity contribution >= 4 is 23.2 Å². The number of amides is 1. The van der Waals surface area contributed by atoms with E-state index in [0.717, 1.165) is 5.56 Å². The Morgan fingerprint density at radius 3 is 2.53 bits per heavy atom. The molecule has 1 aromatic carbocycles. The molecule has 1 heterocycles. The van der Waals surface area contributed by atoms with Gasteiger partial charge in [-0.15, -0.1) is 0 Å². The molecule has 1 amide bonds. The Balaban J connectivity index is 2.10. The Morgan fingerprint density at radius 2 is 2.00 bits per heavy atom. The van der Waals surface area contributed by atoms with Gasteiger partial charge in [0.25, 0.3) is 5.91 Å². The van der Waals surface area contributed by atoms with Crippen LogP contribution in [0.4, 0.5) is 5.69 Å². The average Bonchev–Trinajstić information content (AvgIpc) is 2.76. The van der Waals surface area contributed by atoms with Gasteiger partial charge < -0.3 is 14.8 Å². The SMILES string of the molecule is O=C(Nc1ccc(CO)cc1)c1ccoc1Cl. The fourth-order valence-electron chi connectivity index (χ4n) is 1.35. The van der Waals surface area contributed by atoms with Crippen molar-refractivity contribution in [3.05, 3.63) is 52.9 Å². The molecule has 0 unspecified atom stereocenters. The number of rotatable bonds is 3. The van der Waals surface area contributed by atoms with Crippen LogP contribution in [-0.2, 0) is 6.61 Å². The smallest absolute Gasteiger partial charge is 0.260 e. The molecule has 0 aliphatic carbocycles. The second kappa shape index (κ2) is 5.03. The third-order valence-corrected chi connectivity index (χ3v) is 2.55. The Hall–Kier alpha value is -1.78. The van der Waals surface area contributed by atoms with Crippen molar-refractivity contribution in [1.29, 1.82) is 0 Å². The molecule has 0 fully saturated rings. The lowest BCUT2D eigenvalue weighted by Gasteiger charge is -2.04. The van der Waals surface area contributed by atoms with E-state index in [2.05, 4.69) is 5.32 Å². The minimum atomic E-state index is -0.333. The summed E-state index contributed by atoms with van der Waals surface area (Å²) in [5, 5.41) is 11.6. The zero-order chi connectivity index (χ0) is 12.3. The van der Waals surface area contributed by atoms with Crippen LogP contribution in [0.2, 0.25) is 5.22 Å². The third-order valence-electron chi connectivity index (χ3n) is 2.26. The van der Waals surface area contributed by atoms with Gasteiger partial charge in [-0.2, -0.15) is 0 Å². The van der Waals surface area contributed by atoms with Crippen molar-refractivity contribution in [3.8, 4) is 0 Å². The number of hydrogen-bond acceptors (Lipinski definition) is 3. The summed E-state index contributed by atoms with van der Waals surface area (Å²) in [6.07, 6.45) is 1.35. The maximum atomic E-state index is 11.7. The molecule has 0 bridgehead atoms. The van der Waals surface area contributed by atoms with Gasteiger partial charge in [0.2, 0.25) is 5.22 Å². The second-order valence-corrected chi connectivity index (χ2v) is 3.76. The molecule has 2 N–H and O–H groups in total. The van der Waals surface area contributed by atoms with Crippen LogP contribution in [0.1, 0.15) is 15.9 Å². The van der Waals surface area contributed by atoms with Crippen LogP contribution in [0.3, 0.4) is 0 Å². The van der Waals surface area contributed by atoms with Crippen molar-refractivity contribution < 1.29 is 14.3 Å². The van der Waals surface area contributed by atoms with Gasteiger partial charge in [-0.25, -0.2) is 0 Å². The van der Waals surface area contributed by atoms with Gasteiger partial charge in [0.15, 0.2) is 0 Å². The molecule has 4 nitrogen and oxygen atoms in total. The lowest BCUT2D eigenvalue weighted by Crippen LogP contribution is -2.11. The molecular weight excluding hydrogens is 242 g/mol. The van der Waals surface area contributed by atoms with E-state index >= 15 is 0 Å². The highest BCUT2D eigenvalue weighted by molar-refractivity contribution is 6.32. The Bertz CT molecular complexity index is 519. The minimum absolute atomic E-state index is 0.0260. The van der Waals surface area contributed by atoms with Gasteiger partial charge in [0.1, 0.15) is 0 Å². The van der Waals surface area contributed by atoms with Crippen LogP contribution < -0.4 is 5.32 Å². The monoisotopic (exact) mass is 251 g/mol. The van der Waals surface area contributed by atoms with Crippen LogP contribution in [0.25, 0.3) is 0 Å². The van der Waals surface area contributed by atoms with E-state index in [1.165, 1.54) is 12.3 Å². The van der Waals surface area contributed by atoms with Crippen LogP contribution in [0, 0.1) is 0 Å². The van der Waals surface area contributed by atoms with Crippen molar-refractivity contribution in [3.63, 3.8) is 0 Å². The van der Waals surface area contributed by atoms with Gasteiger partial charge in [-0.05, 0) is 35.4 Å². The number of halogens is 1. The Labute approximate surface area is 103 Å². The minimum Gasteiger partial charge on any atom is -0.452 e. The number of aliphatic hydroxyl groups excluding tert-OH is 1. The van der Waals surface area contributed by atoms with E-state index < -0.39 is 0 Å². The van der Waals surface area contributed by atoms with E-state index in [-0.39, 0.29) is 23.3 Å². The first-order valence-electron chi connectivity index (χ1n) is 4.95. The fraction of sp³-hybridized carbons (Fsp3) is 0.0833. The molecular formula is C12H10ClNO3. The van der Waals surface area contributed by atoms with E-state index in [9.17, 15) is 4.79 Å². The first-order chi connectivity index (χ1) is 8.20. The molecule has 5 heteroatoms. The zero-order valence-corrected chi connectivity index (χ0v) is 9.57. The number of aliphatic hydroxyl groups is 1. The fourth-order valence-corrected chi connectivity index (χ4v) is 1.55. The maximum Gasteiger partial charge on any atom is 0.260 e. The van der Waals surface area contributed by atoms with Crippen LogP contribution in [-0.4, -0.2) is 11.0 Å². The molecule has 88 valence electrons. The number of anilines is 1. The first-order valence-corrected chi connectivity index (χ1v) is 5.32. The van der Waals surface area contributed by atoms with Gasteiger partial charge in [0, 0.05) is 5.69 Å². The maximum absolute atomic E-state index is 11.7. The quantitative estimate of drug-likeness (QED) is 0.882. The molecule has 0 spiro atoms. The number of nitrogens with one attached hydrogen (secondary N) is 1. The third kappa shape index (κ3) is 2.67. The molecule has 0 radical (unpaired) electrons. The molecule has 17 heavy (non-hydrogen) atoms. The molecule has 0 aliphatic heterocycles. The molecule has 0 aliphatic rings. The highest BCUT2D eigenvalue weighted by Gasteiger charge is 2.12. The van der Waals surface area contributed by atoms with Crippen molar-refractivity contribution in [1.82, 2.24) is 0 Å². The summed E-state index contributed by atoms with van der Waals surface area (Å²) >= 11 is 5.69. The second-order valence-electron chi connectivity index (χ2n) is 3.42. The number of furan rings is 1. The average molecular weight is 252 g/mol. The predicted molar refractivity (Wildman–Crippen MR) is 64.0 cm³/mol. The van der Waals surface area contributed by atoms with Gasteiger partial charge in [-0.3, -0.25) is 4.79 Å². The van der Waals surface area contributed by atoms with E-state index in [1.54, 1.807) is 24.3 Å². The van der Waals surface area contributed by atoms with E-state index in [4.69, 9.17) is 21.1 Å². The van der Waals surface area contributed by atoms with Crippen LogP contribution >= 0.6 is 11.6 Å². The Morgan fingerprint density at radius 1 is 1.29 bits per heavy atom. The molecule has 0 atom stereocenters. The number of benzene rings is 1. The molecule has 2 aromatic rings. The summed E-state index contributed by atoms with van der Waals surface area (Å²) in [7, 11) is 0. The van der Waals surface area contributed by atoms with Crippen molar-refractivity contribution in [2.24, 2.45) is 0 Å². The Kier molecular flexibility index (Phi) is 3.46. The van der Waals surface area contributed by atoms with Crippen LogP contribution in [0.5, 0.6) is 0 Å². The van der Waals surface area contributed by atoms with E-state index in [0.29, 0.717) is 5.69 Å². The molecule has 1 aromatic heterocycles. The summed E-state index contributed by atoms with van der Waals surface area (Å²) in [6, 6.07) is 8.37. The molecule has 0 saturated heterocycles. The summed E-state index contributed by atoms with van der Waals surface area (Å²) in [6.45, 7) is -0.0260. The number of hydrogen-bond donors (Lipinski definition) is 2. The van der Waals surface area contributed by atoms with Crippen molar-refractivity contribution in [2.45, 2.75) is 6.61 Å². The predicted octanol–water partition coefficient (Wildman–Crippen LogP) is 2.68. The number of carbonyl (C=O) groups excluding carboxylic acids is 1. The van der Waals surface area contributed by atoms with Gasteiger partial charge >= 0.3 is 0 Å². The number of carbonyl (C=O) groups is 1. The molecule has 0 saturated carbocycles. The van der Waals surface area contributed by atoms with Gasteiger partial charge in [-0.1, -0.05) is 12.1 Å². The summed E-state index contributed by atoms with van der Waals surface area (Å²) in [5.74, 6) is -0.333. The zero-order valence-electron chi connectivity index (χ0n) is 8.81. The highest BCUT2D eigenvalue weighted by Crippen LogP contribution is 2.18. The van der Waals surface area contributed by atoms with E-state index in [1.807, 2.05) is 0 Å². The first kappa shape index (κ1) is 11.7. The lowest BCUT2D eigenvalue weighted by atomic mass is 10.2. The molecule has 2 rings (SSSR count).